The standard InChI is InChI=1S/C8H12O2/c1-5(2)10-7(9)8-3-6(8)4-8/h5-6H,3-4H2,1-2H3. The smallest absolute Gasteiger partial charge is 0.312 e. The molecule has 0 heterocycles. The molecule has 0 aliphatic heterocycles. The summed E-state index contributed by atoms with van der Waals surface area (Å²) in [4.78, 5) is 11.2. The fraction of sp³-hybridized carbons (Fsp3) is 0.875. The van der Waals surface area contributed by atoms with E-state index in [-0.39, 0.29) is 17.5 Å². The maximum Gasteiger partial charge on any atom is 0.312 e. The molecule has 0 amide bonds. The van der Waals surface area contributed by atoms with Gasteiger partial charge in [-0.3, -0.25) is 4.79 Å². The SMILES string of the molecule is CC(C)OC(=O)C12CC1C2. The van der Waals surface area contributed by atoms with Gasteiger partial charge in [0.15, 0.2) is 0 Å². The van der Waals surface area contributed by atoms with Crippen LogP contribution in [-0.2, 0) is 9.53 Å². The molecule has 2 aliphatic carbocycles. The molecule has 0 bridgehead atoms. The zero-order chi connectivity index (χ0) is 7.35. The highest BCUT2D eigenvalue weighted by Gasteiger charge is 2.75. The Bertz CT molecular complexity index is 178. The van der Waals surface area contributed by atoms with Crippen molar-refractivity contribution in [1.29, 1.82) is 0 Å². The third-order valence-electron chi connectivity index (χ3n) is 2.43. The molecule has 0 aromatic heterocycles. The maximum absolute atomic E-state index is 11.2. The summed E-state index contributed by atoms with van der Waals surface area (Å²) in [5.74, 6) is 0.756. The van der Waals surface area contributed by atoms with E-state index in [9.17, 15) is 4.79 Å². The number of ether oxygens (including phenoxy) is 1. The van der Waals surface area contributed by atoms with Gasteiger partial charge in [-0.2, -0.15) is 0 Å². The van der Waals surface area contributed by atoms with Crippen molar-refractivity contribution in [2.75, 3.05) is 0 Å². The minimum Gasteiger partial charge on any atom is -0.463 e. The average Bonchev–Trinajstić information content (AvgIpc) is 2.41. The van der Waals surface area contributed by atoms with Crippen LogP contribution >= 0.6 is 0 Å². The number of fused-ring (bicyclic) bond motifs is 1. The molecule has 0 aromatic carbocycles. The molecular weight excluding hydrogens is 128 g/mol. The normalized spacial score (nSPS) is 40.9. The Labute approximate surface area is 60.6 Å². The van der Waals surface area contributed by atoms with Crippen LogP contribution in [0, 0.1) is 11.3 Å². The second kappa shape index (κ2) is 1.55. The summed E-state index contributed by atoms with van der Waals surface area (Å²) in [6, 6.07) is 0. The van der Waals surface area contributed by atoms with Gasteiger partial charge in [-0.25, -0.2) is 0 Å². The Morgan fingerprint density at radius 3 is 2.40 bits per heavy atom. The molecule has 2 heteroatoms. The van der Waals surface area contributed by atoms with Gasteiger partial charge in [-0.05, 0) is 32.6 Å². The first-order valence-electron chi connectivity index (χ1n) is 3.86. The van der Waals surface area contributed by atoms with Gasteiger partial charge >= 0.3 is 5.97 Å². The Kier molecular flexibility index (Phi) is 0.960. The van der Waals surface area contributed by atoms with Crippen LogP contribution in [0.25, 0.3) is 0 Å². The van der Waals surface area contributed by atoms with E-state index in [0.29, 0.717) is 5.92 Å². The molecule has 0 radical (unpaired) electrons. The minimum atomic E-state index is 0.0459. The van der Waals surface area contributed by atoms with Gasteiger partial charge in [-0.15, -0.1) is 0 Å². The molecule has 0 aromatic rings. The topological polar surface area (TPSA) is 26.3 Å². The average molecular weight is 140 g/mol. The van der Waals surface area contributed by atoms with E-state index in [1.165, 1.54) is 0 Å². The number of hydrogen-bond acceptors (Lipinski definition) is 2. The highest BCUT2D eigenvalue weighted by atomic mass is 16.5. The van der Waals surface area contributed by atoms with Gasteiger partial charge in [-0.1, -0.05) is 0 Å². The minimum absolute atomic E-state index is 0.0459. The van der Waals surface area contributed by atoms with Crippen LogP contribution in [-0.4, -0.2) is 12.1 Å². The van der Waals surface area contributed by atoms with Crippen LogP contribution in [0.1, 0.15) is 26.7 Å². The Hall–Kier alpha value is -0.530. The molecule has 56 valence electrons. The number of rotatable bonds is 2. The molecule has 0 N–H and O–H groups in total. The summed E-state index contributed by atoms with van der Waals surface area (Å²) in [7, 11) is 0. The van der Waals surface area contributed by atoms with Gasteiger partial charge in [0.25, 0.3) is 0 Å². The summed E-state index contributed by atoms with van der Waals surface area (Å²) in [6.45, 7) is 3.79. The number of carbonyl (C=O) groups is 1. The number of carbonyl (C=O) groups excluding carboxylic acids is 1. The van der Waals surface area contributed by atoms with Crippen LogP contribution < -0.4 is 0 Å². The zero-order valence-corrected chi connectivity index (χ0v) is 6.39. The fourth-order valence-corrected chi connectivity index (χ4v) is 1.37. The van der Waals surface area contributed by atoms with Gasteiger partial charge in [0.2, 0.25) is 0 Å². The molecule has 10 heavy (non-hydrogen) atoms. The summed E-state index contributed by atoms with van der Waals surface area (Å²) >= 11 is 0. The van der Waals surface area contributed by atoms with Crippen molar-refractivity contribution in [1.82, 2.24) is 0 Å². The summed E-state index contributed by atoms with van der Waals surface area (Å²) in [5, 5.41) is 0. The molecule has 2 saturated carbocycles. The molecule has 0 atom stereocenters. The first-order valence-corrected chi connectivity index (χ1v) is 3.86. The van der Waals surface area contributed by atoms with Gasteiger partial charge in [0, 0.05) is 0 Å². The zero-order valence-electron chi connectivity index (χ0n) is 6.39. The van der Waals surface area contributed by atoms with Crippen LogP contribution in [0.2, 0.25) is 0 Å². The lowest BCUT2D eigenvalue weighted by molar-refractivity contribution is -0.151. The lowest BCUT2D eigenvalue weighted by Gasteiger charge is -2.08. The Morgan fingerprint density at radius 2 is 2.10 bits per heavy atom. The second-order valence-electron chi connectivity index (χ2n) is 3.72. The van der Waals surface area contributed by atoms with E-state index in [1.807, 2.05) is 13.8 Å². The third-order valence-corrected chi connectivity index (χ3v) is 2.43. The highest BCUT2D eigenvalue weighted by molar-refractivity contribution is 5.85. The maximum atomic E-state index is 11.2. The van der Waals surface area contributed by atoms with Crippen molar-refractivity contribution in [3.63, 3.8) is 0 Å². The van der Waals surface area contributed by atoms with E-state index in [1.54, 1.807) is 0 Å². The third kappa shape index (κ3) is 0.678. The number of esters is 1. The quantitative estimate of drug-likeness (QED) is 0.541. The molecule has 2 fully saturated rings. The van der Waals surface area contributed by atoms with Gasteiger partial charge in [0.05, 0.1) is 11.5 Å². The lowest BCUT2D eigenvalue weighted by atomic mass is 10.2. The van der Waals surface area contributed by atoms with Crippen LogP contribution in [0.15, 0.2) is 0 Å². The molecule has 2 nitrogen and oxygen atoms in total. The first kappa shape index (κ1) is 6.20. The largest absolute Gasteiger partial charge is 0.463 e. The molecule has 0 spiro atoms. The van der Waals surface area contributed by atoms with E-state index in [4.69, 9.17) is 4.74 Å². The van der Waals surface area contributed by atoms with Crippen molar-refractivity contribution < 1.29 is 9.53 Å². The highest BCUT2D eigenvalue weighted by Crippen LogP contribution is 2.75. The first-order chi connectivity index (χ1) is 4.65. The summed E-state index contributed by atoms with van der Waals surface area (Å²) < 4.78 is 5.08. The van der Waals surface area contributed by atoms with Crippen LogP contribution in [0.5, 0.6) is 0 Å². The molecule has 0 unspecified atom stereocenters. The van der Waals surface area contributed by atoms with Crippen LogP contribution in [0.3, 0.4) is 0 Å². The van der Waals surface area contributed by atoms with Crippen LogP contribution in [0.4, 0.5) is 0 Å². The van der Waals surface area contributed by atoms with Crippen molar-refractivity contribution in [2.45, 2.75) is 32.8 Å². The van der Waals surface area contributed by atoms with E-state index in [2.05, 4.69) is 0 Å². The lowest BCUT2D eigenvalue weighted by Crippen LogP contribution is -2.16. The summed E-state index contributed by atoms with van der Waals surface area (Å²) in [6.07, 6.45) is 2.25. The Morgan fingerprint density at radius 1 is 1.60 bits per heavy atom. The molecular formula is C8H12O2. The molecule has 2 aliphatic rings. The van der Waals surface area contributed by atoms with E-state index >= 15 is 0 Å². The van der Waals surface area contributed by atoms with E-state index in [0.717, 1.165) is 12.8 Å². The molecule has 0 saturated heterocycles. The summed E-state index contributed by atoms with van der Waals surface area (Å²) in [5.41, 5.74) is 0.0459. The van der Waals surface area contributed by atoms with Gasteiger partial charge in [0.1, 0.15) is 0 Å². The van der Waals surface area contributed by atoms with E-state index < -0.39 is 0 Å². The Balaban J connectivity index is 1.88. The van der Waals surface area contributed by atoms with Crippen molar-refractivity contribution >= 4 is 5.97 Å². The fourth-order valence-electron chi connectivity index (χ4n) is 1.37. The van der Waals surface area contributed by atoms with Crippen molar-refractivity contribution in [2.24, 2.45) is 11.3 Å². The number of hydrogen-bond donors (Lipinski definition) is 0. The van der Waals surface area contributed by atoms with Gasteiger partial charge < -0.3 is 4.74 Å². The predicted octanol–water partition coefficient (Wildman–Crippen LogP) is 1.35. The van der Waals surface area contributed by atoms with Crippen molar-refractivity contribution in [3.05, 3.63) is 0 Å². The molecule has 2 rings (SSSR count). The second-order valence-corrected chi connectivity index (χ2v) is 3.72. The predicted molar refractivity (Wildman–Crippen MR) is 36.4 cm³/mol. The monoisotopic (exact) mass is 140 g/mol. The van der Waals surface area contributed by atoms with Crippen molar-refractivity contribution in [3.8, 4) is 0 Å².